The Morgan fingerprint density at radius 2 is 1.97 bits per heavy atom. The van der Waals surface area contributed by atoms with Gasteiger partial charge in [0.05, 0.1) is 35.4 Å². The summed E-state index contributed by atoms with van der Waals surface area (Å²) in [7, 11) is 0. The van der Waals surface area contributed by atoms with E-state index in [2.05, 4.69) is 4.99 Å². The third-order valence-electron chi connectivity index (χ3n) is 5.77. The SMILES string of the molecule is CCOC(=O)C1=C(C)N=c2sc(=C3C(=O)N(CC)c4ccccc43)c(=O)n2C1c1ccco1. The number of benzene rings is 1. The minimum atomic E-state index is -0.835. The third kappa shape index (κ3) is 3.11. The lowest BCUT2D eigenvalue weighted by atomic mass is 10.0. The molecule has 1 amide bonds. The Balaban J connectivity index is 1.82. The van der Waals surface area contributed by atoms with E-state index in [1.165, 1.54) is 10.8 Å². The molecule has 1 unspecified atom stereocenters. The standard InChI is InChI=1S/C24H21N3O5S/c1-4-26-15-10-7-6-9-14(15)18(21(26)28)20-22(29)27-19(16-11-8-12-32-16)17(23(30)31-5-2)13(3)25-24(27)33-20/h6-12,19H,4-5H2,1-3H3. The quantitative estimate of drug-likeness (QED) is 0.553. The van der Waals surface area contributed by atoms with Crippen LogP contribution in [0.3, 0.4) is 0 Å². The maximum Gasteiger partial charge on any atom is 0.338 e. The summed E-state index contributed by atoms with van der Waals surface area (Å²) in [5, 5.41) is 0. The Labute approximate surface area is 192 Å². The lowest BCUT2D eigenvalue weighted by Gasteiger charge is -2.22. The zero-order valence-electron chi connectivity index (χ0n) is 18.3. The monoisotopic (exact) mass is 463 g/mol. The van der Waals surface area contributed by atoms with Crippen molar-refractivity contribution in [2.24, 2.45) is 4.99 Å². The number of rotatable bonds is 4. The van der Waals surface area contributed by atoms with Crippen LogP contribution in [0, 0.1) is 0 Å². The van der Waals surface area contributed by atoms with Gasteiger partial charge < -0.3 is 14.1 Å². The minimum absolute atomic E-state index is 0.188. The van der Waals surface area contributed by atoms with Crippen molar-refractivity contribution < 1.29 is 18.7 Å². The van der Waals surface area contributed by atoms with E-state index in [4.69, 9.17) is 9.15 Å². The fraction of sp³-hybridized carbons (Fsp3) is 0.250. The number of nitrogens with zero attached hydrogens (tertiary/aromatic N) is 3. The number of ether oxygens (including phenoxy) is 1. The van der Waals surface area contributed by atoms with E-state index in [0.29, 0.717) is 33.9 Å². The predicted octanol–water partition coefficient (Wildman–Crippen LogP) is 2.13. The average molecular weight is 464 g/mol. The second-order valence-electron chi connectivity index (χ2n) is 7.58. The van der Waals surface area contributed by atoms with Gasteiger partial charge in [0, 0.05) is 12.1 Å². The van der Waals surface area contributed by atoms with Crippen molar-refractivity contribution in [1.29, 1.82) is 0 Å². The number of aromatic nitrogens is 1. The van der Waals surface area contributed by atoms with Gasteiger partial charge in [0.25, 0.3) is 11.5 Å². The van der Waals surface area contributed by atoms with Crippen LogP contribution >= 0.6 is 11.3 Å². The molecule has 9 heteroatoms. The smallest absolute Gasteiger partial charge is 0.338 e. The summed E-state index contributed by atoms with van der Waals surface area (Å²) in [4.78, 5) is 46.5. The zero-order chi connectivity index (χ0) is 23.3. The molecule has 4 heterocycles. The number of furan rings is 1. The maximum absolute atomic E-state index is 13.8. The van der Waals surface area contributed by atoms with Gasteiger partial charge in [-0.2, -0.15) is 0 Å². The van der Waals surface area contributed by atoms with Gasteiger partial charge in [-0.05, 0) is 39.0 Å². The van der Waals surface area contributed by atoms with Crippen LogP contribution in [0.15, 0.2) is 68.1 Å². The van der Waals surface area contributed by atoms with E-state index < -0.39 is 17.6 Å². The van der Waals surface area contributed by atoms with E-state index in [1.54, 1.807) is 30.9 Å². The van der Waals surface area contributed by atoms with Gasteiger partial charge in [-0.25, -0.2) is 9.79 Å². The third-order valence-corrected chi connectivity index (χ3v) is 6.83. The van der Waals surface area contributed by atoms with E-state index in [0.717, 1.165) is 17.0 Å². The Hall–Kier alpha value is -3.72. The summed E-state index contributed by atoms with van der Waals surface area (Å²) in [6.45, 7) is 5.99. The van der Waals surface area contributed by atoms with Crippen LogP contribution in [-0.4, -0.2) is 29.6 Å². The molecule has 168 valence electrons. The first-order valence-corrected chi connectivity index (χ1v) is 11.5. The number of carbonyl (C=O) groups is 2. The molecule has 2 aliphatic heterocycles. The van der Waals surface area contributed by atoms with Gasteiger partial charge in [0.15, 0.2) is 4.80 Å². The molecule has 8 nitrogen and oxygen atoms in total. The molecule has 0 spiro atoms. The number of allylic oxidation sites excluding steroid dienone is 1. The molecule has 0 N–H and O–H groups in total. The van der Waals surface area contributed by atoms with Crippen molar-refractivity contribution in [3.05, 3.63) is 84.9 Å². The number of hydrogen-bond donors (Lipinski definition) is 0. The number of esters is 1. The molecule has 1 atom stereocenters. The van der Waals surface area contributed by atoms with Crippen molar-refractivity contribution in [2.75, 3.05) is 18.1 Å². The summed E-state index contributed by atoms with van der Waals surface area (Å²) < 4.78 is 12.6. The second-order valence-corrected chi connectivity index (χ2v) is 8.56. The van der Waals surface area contributed by atoms with Crippen molar-refractivity contribution in [1.82, 2.24) is 4.57 Å². The number of para-hydroxylation sites is 1. The van der Waals surface area contributed by atoms with E-state index in [-0.39, 0.29) is 22.6 Å². The Kier molecular flexibility index (Phi) is 5.13. The first-order valence-electron chi connectivity index (χ1n) is 10.6. The highest BCUT2D eigenvalue weighted by Gasteiger charge is 2.37. The topological polar surface area (TPSA) is 94.1 Å². The predicted molar refractivity (Wildman–Crippen MR) is 123 cm³/mol. The molecule has 33 heavy (non-hydrogen) atoms. The molecule has 1 aromatic carbocycles. The van der Waals surface area contributed by atoms with Crippen LogP contribution in [0.5, 0.6) is 0 Å². The summed E-state index contributed by atoms with van der Waals surface area (Å²) in [5.41, 5.74) is 2.13. The summed E-state index contributed by atoms with van der Waals surface area (Å²) in [5.74, 6) is -0.365. The molecule has 0 aliphatic carbocycles. The molecule has 0 bridgehead atoms. The van der Waals surface area contributed by atoms with Crippen molar-refractivity contribution in [3.63, 3.8) is 0 Å². The summed E-state index contributed by atoms with van der Waals surface area (Å²) in [6, 6.07) is 9.99. The lowest BCUT2D eigenvalue weighted by molar-refractivity contribution is -0.139. The number of fused-ring (bicyclic) bond motifs is 2. The summed E-state index contributed by atoms with van der Waals surface area (Å²) >= 11 is 1.14. The highest BCUT2D eigenvalue weighted by atomic mass is 32.1. The van der Waals surface area contributed by atoms with Crippen molar-refractivity contribution >= 4 is 34.5 Å². The van der Waals surface area contributed by atoms with E-state index in [1.807, 2.05) is 31.2 Å². The van der Waals surface area contributed by atoms with Crippen LogP contribution in [-0.2, 0) is 14.3 Å². The maximum atomic E-state index is 13.8. The van der Waals surface area contributed by atoms with E-state index in [9.17, 15) is 14.4 Å². The zero-order valence-corrected chi connectivity index (χ0v) is 19.1. The fourth-order valence-corrected chi connectivity index (χ4v) is 5.51. The largest absolute Gasteiger partial charge is 0.467 e. The van der Waals surface area contributed by atoms with Gasteiger partial charge in [-0.1, -0.05) is 29.5 Å². The number of hydrogen-bond acceptors (Lipinski definition) is 7. The highest BCUT2D eigenvalue weighted by molar-refractivity contribution is 7.07. The normalized spacial score (nSPS) is 18.8. The van der Waals surface area contributed by atoms with Crippen LogP contribution in [0.2, 0.25) is 0 Å². The average Bonchev–Trinajstić information content (AvgIpc) is 3.50. The lowest BCUT2D eigenvalue weighted by Crippen LogP contribution is -2.40. The Morgan fingerprint density at radius 3 is 2.67 bits per heavy atom. The molecule has 2 aromatic heterocycles. The van der Waals surface area contributed by atoms with Gasteiger partial charge in [0.1, 0.15) is 16.3 Å². The van der Waals surface area contributed by atoms with Crippen molar-refractivity contribution in [2.45, 2.75) is 26.8 Å². The van der Waals surface area contributed by atoms with Gasteiger partial charge in [-0.3, -0.25) is 14.2 Å². The number of thiazole rings is 1. The fourth-order valence-electron chi connectivity index (χ4n) is 4.37. The van der Waals surface area contributed by atoms with Crippen LogP contribution in [0.4, 0.5) is 5.69 Å². The second kappa shape index (κ2) is 8.00. The molecular weight excluding hydrogens is 442 g/mol. The number of anilines is 1. The number of carbonyl (C=O) groups excluding carboxylic acids is 2. The van der Waals surface area contributed by atoms with Crippen LogP contribution in [0.25, 0.3) is 5.57 Å². The number of amides is 1. The molecule has 0 fully saturated rings. The molecule has 2 aliphatic rings. The van der Waals surface area contributed by atoms with Crippen molar-refractivity contribution in [3.8, 4) is 0 Å². The van der Waals surface area contributed by atoms with Crippen LogP contribution in [0.1, 0.15) is 38.1 Å². The highest BCUT2D eigenvalue weighted by Crippen LogP contribution is 2.35. The molecule has 3 aromatic rings. The molecule has 0 saturated carbocycles. The first-order chi connectivity index (χ1) is 16.0. The molecule has 0 radical (unpaired) electrons. The van der Waals surface area contributed by atoms with Gasteiger partial charge >= 0.3 is 5.97 Å². The molecule has 5 rings (SSSR count). The molecular formula is C24H21N3O5S. The number of likely N-dealkylation sites (N-methyl/N-ethyl adjacent to an activating group) is 1. The van der Waals surface area contributed by atoms with Gasteiger partial charge in [0.2, 0.25) is 0 Å². The molecule has 0 saturated heterocycles. The Bertz CT molecular complexity index is 1490. The summed E-state index contributed by atoms with van der Waals surface area (Å²) in [6.07, 6.45) is 1.49. The minimum Gasteiger partial charge on any atom is -0.467 e. The van der Waals surface area contributed by atoms with Gasteiger partial charge in [-0.15, -0.1) is 0 Å². The van der Waals surface area contributed by atoms with E-state index >= 15 is 0 Å². The Morgan fingerprint density at radius 1 is 1.18 bits per heavy atom. The van der Waals surface area contributed by atoms with Crippen LogP contribution < -0.4 is 19.8 Å². The first kappa shape index (κ1) is 21.1.